The van der Waals surface area contributed by atoms with Gasteiger partial charge in [-0.2, -0.15) is 0 Å². The number of nitrogens with two attached hydrogens (primary N) is 1. The second kappa shape index (κ2) is 5.22. The van der Waals surface area contributed by atoms with Crippen molar-refractivity contribution in [2.24, 2.45) is 5.73 Å². The lowest BCUT2D eigenvalue weighted by atomic mass is 9.87. The third-order valence-corrected chi connectivity index (χ3v) is 1.91. The molecule has 0 spiro atoms. The molecule has 0 aromatic rings. The number of nitrogens with one attached hydrogen (secondary N) is 1. The van der Waals surface area contributed by atoms with Crippen LogP contribution in [0.1, 0.15) is 19.8 Å². The van der Waals surface area contributed by atoms with Gasteiger partial charge >= 0.3 is 6.09 Å². The first-order valence-electron chi connectivity index (χ1n) is 3.93. The zero-order valence-corrected chi connectivity index (χ0v) is 7.89. The van der Waals surface area contributed by atoms with E-state index in [1.165, 1.54) is 0 Å². The van der Waals surface area contributed by atoms with Crippen molar-refractivity contribution < 1.29 is 9.53 Å². The number of halogens is 1. The maximum absolute atomic E-state index is 10.8. The van der Waals surface area contributed by atoms with Crippen LogP contribution in [0.4, 0.5) is 4.79 Å². The summed E-state index contributed by atoms with van der Waals surface area (Å²) in [6.07, 6.45) is 1.62. The summed E-state index contributed by atoms with van der Waals surface area (Å²) in [5.74, 6) is 0. The van der Waals surface area contributed by atoms with Crippen LogP contribution in [0, 0.1) is 0 Å². The summed E-state index contributed by atoms with van der Waals surface area (Å²) < 4.78 is 4.69. The zero-order chi connectivity index (χ0) is 8.27. The van der Waals surface area contributed by atoms with Crippen LogP contribution >= 0.6 is 12.4 Å². The summed E-state index contributed by atoms with van der Waals surface area (Å²) in [6, 6.07) is 0.258. The van der Waals surface area contributed by atoms with Crippen molar-refractivity contribution in [1.82, 2.24) is 5.32 Å². The minimum Gasteiger partial charge on any atom is -0.450 e. The highest BCUT2D eigenvalue weighted by molar-refractivity contribution is 5.85. The summed E-state index contributed by atoms with van der Waals surface area (Å²) in [5, 5.41) is 2.68. The van der Waals surface area contributed by atoms with E-state index in [4.69, 9.17) is 10.5 Å². The van der Waals surface area contributed by atoms with Gasteiger partial charge in [0, 0.05) is 12.1 Å². The molecule has 1 saturated carbocycles. The lowest BCUT2D eigenvalue weighted by molar-refractivity contribution is 0.138. The lowest BCUT2D eigenvalue weighted by Crippen LogP contribution is -2.54. The van der Waals surface area contributed by atoms with E-state index < -0.39 is 0 Å². The Labute approximate surface area is 78.2 Å². The summed E-state index contributed by atoms with van der Waals surface area (Å²) in [4.78, 5) is 10.8. The highest BCUT2D eigenvalue weighted by atomic mass is 35.5. The first-order valence-corrected chi connectivity index (χ1v) is 3.93. The Morgan fingerprint density at radius 2 is 2.33 bits per heavy atom. The second-order valence-corrected chi connectivity index (χ2v) is 2.71. The van der Waals surface area contributed by atoms with Crippen molar-refractivity contribution in [3.05, 3.63) is 0 Å². The molecule has 0 unspecified atom stereocenters. The van der Waals surface area contributed by atoms with E-state index in [1.54, 1.807) is 6.92 Å². The molecule has 2 atom stereocenters. The highest BCUT2D eigenvalue weighted by Crippen LogP contribution is 2.17. The zero-order valence-electron chi connectivity index (χ0n) is 7.08. The van der Waals surface area contributed by atoms with Crippen LogP contribution in [-0.2, 0) is 4.74 Å². The molecule has 0 saturated heterocycles. The van der Waals surface area contributed by atoms with Crippen LogP contribution < -0.4 is 11.1 Å². The molecule has 1 rings (SSSR count). The fraction of sp³-hybridized carbons (Fsp3) is 0.857. The van der Waals surface area contributed by atoms with Gasteiger partial charge in [0.25, 0.3) is 0 Å². The molecular formula is C7H15ClN2O2. The quantitative estimate of drug-likeness (QED) is 0.678. The predicted octanol–water partition coefficient (Wildman–Crippen LogP) is 0.644. The van der Waals surface area contributed by atoms with Gasteiger partial charge in [-0.3, -0.25) is 0 Å². The SMILES string of the molecule is CCOC(=O)N[C@H]1CC[C@@H]1N.Cl. The van der Waals surface area contributed by atoms with E-state index >= 15 is 0 Å². The maximum atomic E-state index is 10.8. The van der Waals surface area contributed by atoms with Crippen molar-refractivity contribution in [3.63, 3.8) is 0 Å². The Morgan fingerprint density at radius 3 is 2.67 bits per heavy atom. The third-order valence-electron chi connectivity index (χ3n) is 1.91. The normalized spacial score (nSPS) is 26.5. The van der Waals surface area contributed by atoms with Crippen molar-refractivity contribution in [2.75, 3.05) is 6.61 Å². The fourth-order valence-corrected chi connectivity index (χ4v) is 1.03. The van der Waals surface area contributed by atoms with E-state index in [1.807, 2.05) is 0 Å². The number of ether oxygens (including phenoxy) is 1. The molecular weight excluding hydrogens is 180 g/mol. The van der Waals surface area contributed by atoms with Gasteiger partial charge in [-0.1, -0.05) is 0 Å². The molecule has 0 radical (unpaired) electrons. The molecule has 3 N–H and O–H groups in total. The molecule has 0 heterocycles. The summed E-state index contributed by atoms with van der Waals surface area (Å²) in [7, 11) is 0. The average Bonchev–Trinajstić information content (AvgIpc) is 1.98. The lowest BCUT2D eigenvalue weighted by Gasteiger charge is -2.33. The molecule has 12 heavy (non-hydrogen) atoms. The molecule has 0 bridgehead atoms. The highest BCUT2D eigenvalue weighted by Gasteiger charge is 2.28. The molecule has 0 aromatic carbocycles. The van der Waals surface area contributed by atoms with Crippen LogP contribution in [0.25, 0.3) is 0 Å². The molecule has 72 valence electrons. The smallest absolute Gasteiger partial charge is 0.407 e. The Bertz CT molecular complexity index is 154. The van der Waals surface area contributed by atoms with Crippen molar-refractivity contribution in [3.8, 4) is 0 Å². The standard InChI is InChI=1S/C7H14N2O2.ClH/c1-2-11-7(10)9-6-4-3-5(6)8;/h5-6H,2-4,8H2,1H3,(H,9,10);1H/t5-,6-;/m0./s1. The van der Waals surface area contributed by atoms with Gasteiger partial charge in [0.2, 0.25) is 0 Å². The van der Waals surface area contributed by atoms with Crippen LogP contribution in [0.2, 0.25) is 0 Å². The molecule has 1 aliphatic carbocycles. The largest absolute Gasteiger partial charge is 0.450 e. The third kappa shape index (κ3) is 2.87. The van der Waals surface area contributed by atoms with E-state index in [9.17, 15) is 4.79 Å². The Hall–Kier alpha value is -0.480. The molecule has 1 fully saturated rings. The van der Waals surface area contributed by atoms with E-state index in [0.29, 0.717) is 6.61 Å². The number of hydrogen-bond acceptors (Lipinski definition) is 3. The second-order valence-electron chi connectivity index (χ2n) is 2.71. The number of hydrogen-bond donors (Lipinski definition) is 2. The number of alkyl carbamates (subject to hydrolysis) is 1. The number of rotatable bonds is 2. The Kier molecular flexibility index (Phi) is 5.01. The number of carbonyl (C=O) groups excluding carboxylic acids is 1. The van der Waals surface area contributed by atoms with E-state index in [2.05, 4.69) is 5.32 Å². The molecule has 1 aliphatic rings. The average molecular weight is 195 g/mol. The van der Waals surface area contributed by atoms with Crippen LogP contribution in [0.3, 0.4) is 0 Å². The molecule has 0 aromatic heterocycles. The molecule has 0 aliphatic heterocycles. The summed E-state index contributed by atoms with van der Waals surface area (Å²) in [5.41, 5.74) is 5.60. The molecule has 4 nitrogen and oxygen atoms in total. The molecule has 5 heteroatoms. The van der Waals surface area contributed by atoms with Crippen molar-refractivity contribution >= 4 is 18.5 Å². The van der Waals surface area contributed by atoms with Gasteiger partial charge in [-0.25, -0.2) is 4.79 Å². The van der Waals surface area contributed by atoms with Gasteiger partial charge in [-0.15, -0.1) is 12.4 Å². The first kappa shape index (κ1) is 11.5. The summed E-state index contributed by atoms with van der Waals surface area (Å²) in [6.45, 7) is 2.19. The van der Waals surface area contributed by atoms with Gasteiger partial charge in [0.1, 0.15) is 0 Å². The number of carbonyl (C=O) groups is 1. The van der Waals surface area contributed by atoms with Crippen LogP contribution in [-0.4, -0.2) is 24.8 Å². The topological polar surface area (TPSA) is 64.3 Å². The van der Waals surface area contributed by atoms with Crippen molar-refractivity contribution in [1.29, 1.82) is 0 Å². The Balaban J connectivity index is 0.00000121. The maximum Gasteiger partial charge on any atom is 0.407 e. The minimum atomic E-state index is -0.354. The van der Waals surface area contributed by atoms with Crippen molar-refractivity contribution in [2.45, 2.75) is 31.8 Å². The monoisotopic (exact) mass is 194 g/mol. The molecule has 1 amide bonds. The van der Waals surface area contributed by atoms with Gasteiger partial charge in [0.05, 0.1) is 6.61 Å². The van der Waals surface area contributed by atoms with Gasteiger partial charge in [0.15, 0.2) is 0 Å². The van der Waals surface area contributed by atoms with Gasteiger partial charge < -0.3 is 15.8 Å². The van der Waals surface area contributed by atoms with Crippen LogP contribution in [0.15, 0.2) is 0 Å². The van der Waals surface area contributed by atoms with Gasteiger partial charge in [-0.05, 0) is 19.8 Å². The van der Waals surface area contributed by atoms with Crippen LogP contribution in [0.5, 0.6) is 0 Å². The van der Waals surface area contributed by atoms with E-state index in [0.717, 1.165) is 12.8 Å². The minimum absolute atomic E-state index is 0. The fourth-order valence-electron chi connectivity index (χ4n) is 1.03. The predicted molar refractivity (Wildman–Crippen MR) is 48.4 cm³/mol. The Morgan fingerprint density at radius 1 is 1.67 bits per heavy atom. The van der Waals surface area contributed by atoms with E-state index in [-0.39, 0.29) is 30.6 Å². The number of amides is 1. The summed E-state index contributed by atoms with van der Waals surface area (Å²) >= 11 is 0. The first-order chi connectivity index (χ1) is 5.24.